The highest BCUT2D eigenvalue weighted by Crippen LogP contribution is 2.28. The Hall–Kier alpha value is -2.45. The predicted molar refractivity (Wildman–Crippen MR) is 128 cm³/mol. The summed E-state index contributed by atoms with van der Waals surface area (Å²) in [7, 11) is -3.59. The van der Waals surface area contributed by atoms with Crippen molar-refractivity contribution in [1.29, 1.82) is 0 Å². The van der Waals surface area contributed by atoms with Crippen molar-refractivity contribution < 1.29 is 18.0 Å². The molecule has 0 aliphatic carbocycles. The minimum Gasteiger partial charge on any atom is -0.354 e. The van der Waals surface area contributed by atoms with E-state index in [4.69, 9.17) is 0 Å². The molecule has 2 heterocycles. The Balaban J connectivity index is 1.33. The highest BCUT2D eigenvalue weighted by Gasteiger charge is 2.35. The molecule has 4 rings (SSSR count). The molecule has 0 atom stereocenters. The number of rotatable bonds is 5. The van der Waals surface area contributed by atoms with E-state index in [1.165, 1.54) is 4.31 Å². The van der Waals surface area contributed by atoms with Gasteiger partial charge in [0.25, 0.3) is 0 Å². The molecule has 2 aromatic rings. The molecule has 7 nitrogen and oxygen atoms in total. The number of hydrogen-bond acceptors (Lipinski definition) is 4. The fourth-order valence-corrected chi connectivity index (χ4v) is 6.35. The minimum absolute atomic E-state index is 0.0367. The lowest BCUT2D eigenvalue weighted by Gasteiger charge is -2.36. The molecule has 0 aromatic heterocycles. The molecule has 2 fully saturated rings. The average molecular weight is 472 g/mol. The van der Waals surface area contributed by atoms with Crippen molar-refractivity contribution in [2.75, 3.05) is 26.2 Å². The van der Waals surface area contributed by atoms with Gasteiger partial charge in [-0.15, -0.1) is 0 Å². The van der Waals surface area contributed by atoms with Crippen LogP contribution in [-0.4, -0.2) is 61.7 Å². The van der Waals surface area contributed by atoms with Crippen LogP contribution in [0.2, 0.25) is 0 Å². The molecule has 0 spiro atoms. The second-order valence-electron chi connectivity index (χ2n) is 9.45. The molecule has 0 unspecified atom stereocenters. The van der Waals surface area contributed by atoms with Crippen molar-refractivity contribution in [2.45, 2.75) is 50.5 Å². The number of benzene rings is 2. The van der Waals surface area contributed by atoms with Crippen molar-refractivity contribution >= 4 is 32.6 Å². The fourth-order valence-electron chi connectivity index (χ4n) is 4.84. The molecule has 2 aliphatic heterocycles. The van der Waals surface area contributed by atoms with Gasteiger partial charge in [0, 0.05) is 44.1 Å². The van der Waals surface area contributed by atoms with Crippen molar-refractivity contribution in [3.05, 3.63) is 42.5 Å². The first-order valence-electron chi connectivity index (χ1n) is 11.8. The molecule has 0 radical (unpaired) electrons. The Morgan fingerprint density at radius 3 is 2.12 bits per heavy atom. The second kappa shape index (κ2) is 9.81. The number of sulfonamides is 1. The minimum atomic E-state index is -3.59. The van der Waals surface area contributed by atoms with E-state index in [1.807, 2.05) is 49.1 Å². The van der Waals surface area contributed by atoms with Gasteiger partial charge in [0.05, 0.1) is 4.90 Å². The summed E-state index contributed by atoms with van der Waals surface area (Å²) in [4.78, 5) is 27.4. The van der Waals surface area contributed by atoms with Gasteiger partial charge < -0.3 is 10.2 Å². The van der Waals surface area contributed by atoms with Gasteiger partial charge >= 0.3 is 0 Å². The molecule has 8 heteroatoms. The predicted octanol–water partition coefficient (Wildman–Crippen LogP) is 3.00. The largest absolute Gasteiger partial charge is 0.354 e. The van der Waals surface area contributed by atoms with Crippen molar-refractivity contribution in [1.82, 2.24) is 14.5 Å². The number of piperidine rings is 2. The summed E-state index contributed by atoms with van der Waals surface area (Å²) in [5, 5.41) is 4.86. The number of likely N-dealkylation sites (tertiary alicyclic amines) is 1. The fraction of sp³-hybridized carbons (Fsp3) is 0.520. The Morgan fingerprint density at radius 2 is 1.48 bits per heavy atom. The van der Waals surface area contributed by atoms with Crippen LogP contribution in [0.5, 0.6) is 0 Å². The van der Waals surface area contributed by atoms with E-state index in [9.17, 15) is 18.0 Å². The second-order valence-corrected chi connectivity index (χ2v) is 11.4. The van der Waals surface area contributed by atoms with Crippen molar-refractivity contribution in [2.24, 2.45) is 11.8 Å². The van der Waals surface area contributed by atoms with Gasteiger partial charge in [0.15, 0.2) is 0 Å². The Kier molecular flexibility index (Phi) is 7.05. The van der Waals surface area contributed by atoms with Crippen LogP contribution in [0.15, 0.2) is 47.4 Å². The third kappa shape index (κ3) is 5.22. The maximum absolute atomic E-state index is 13.2. The van der Waals surface area contributed by atoms with Gasteiger partial charge in [-0.25, -0.2) is 8.42 Å². The highest BCUT2D eigenvalue weighted by atomic mass is 32.2. The lowest BCUT2D eigenvalue weighted by molar-refractivity contribution is -0.140. The van der Waals surface area contributed by atoms with E-state index in [0.29, 0.717) is 56.8 Å². The monoisotopic (exact) mass is 471 g/mol. The molecule has 0 bridgehead atoms. The molecule has 33 heavy (non-hydrogen) atoms. The smallest absolute Gasteiger partial charge is 0.243 e. The number of nitrogens with zero attached hydrogens (tertiary/aromatic N) is 2. The van der Waals surface area contributed by atoms with E-state index in [2.05, 4.69) is 5.32 Å². The number of hydrogen-bond donors (Lipinski definition) is 1. The standard InChI is InChI=1S/C25H33N3O4S/c1-18(2)26-24(29)20-9-13-27(14-10-20)25(30)21-11-15-28(16-12-21)33(31,32)23-8-7-19-5-3-4-6-22(19)17-23/h3-8,17-18,20-21H,9-16H2,1-2H3,(H,26,29). The summed E-state index contributed by atoms with van der Waals surface area (Å²) in [5.74, 6) is -0.0238. The molecule has 0 saturated carbocycles. The number of carbonyl (C=O) groups is 2. The average Bonchev–Trinajstić information content (AvgIpc) is 2.83. The number of fused-ring (bicyclic) bond motifs is 1. The molecular weight excluding hydrogens is 438 g/mol. The first-order chi connectivity index (χ1) is 15.8. The topological polar surface area (TPSA) is 86.8 Å². The first-order valence-corrected chi connectivity index (χ1v) is 13.3. The summed E-state index contributed by atoms with van der Waals surface area (Å²) < 4.78 is 27.9. The number of amides is 2. The van der Waals surface area contributed by atoms with Gasteiger partial charge in [-0.05, 0) is 62.4 Å². The van der Waals surface area contributed by atoms with Gasteiger partial charge in [0.1, 0.15) is 0 Å². The lowest BCUT2D eigenvalue weighted by Crippen LogP contribution is -2.48. The van der Waals surface area contributed by atoms with E-state index < -0.39 is 10.0 Å². The Labute approximate surface area is 196 Å². The SMILES string of the molecule is CC(C)NC(=O)C1CCN(C(=O)C2CCN(S(=O)(=O)c3ccc4ccccc4c3)CC2)CC1. The molecular formula is C25H33N3O4S. The van der Waals surface area contributed by atoms with Gasteiger partial charge in [0.2, 0.25) is 21.8 Å². The van der Waals surface area contributed by atoms with Crippen LogP contribution in [0.4, 0.5) is 0 Å². The van der Waals surface area contributed by atoms with Gasteiger partial charge in [-0.3, -0.25) is 9.59 Å². The summed E-state index contributed by atoms with van der Waals surface area (Å²) in [6.45, 7) is 5.76. The third-order valence-corrected chi connectivity index (χ3v) is 8.66. The van der Waals surface area contributed by atoms with Gasteiger partial charge in [-0.1, -0.05) is 30.3 Å². The summed E-state index contributed by atoms with van der Waals surface area (Å²) in [6, 6.07) is 13.0. The van der Waals surface area contributed by atoms with Crippen molar-refractivity contribution in [3.63, 3.8) is 0 Å². The van der Waals surface area contributed by atoms with E-state index in [-0.39, 0.29) is 29.7 Å². The van der Waals surface area contributed by atoms with Crippen LogP contribution in [0.3, 0.4) is 0 Å². The summed E-state index contributed by atoms with van der Waals surface area (Å²) in [5.41, 5.74) is 0. The third-order valence-electron chi connectivity index (χ3n) is 6.77. The van der Waals surface area contributed by atoms with Crippen LogP contribution in [0.1, 0.15) is 39.5 Å². The summed E-state index contributed by atoms with van der Waals surface area (Å²) >= 11 is 0. The Bertz CT molecular complexity index is 1120. The summed E-state index contributed by atoms with van der Waals surface area (Å²) in [6.07, 6.45) is 2.41. The van der Waals surface area contributed by atoms with E-state index in [0.717, 1.165) is 10.8 Å². The van der Waals surface area contributed by atoms with Crippen LogP contribution >= 0.6 is 0 Å². The van der Waals surface area contributed by atoms with Crippen LogP contribution in [0.25, 0.3) is 10.8 Å². The van der Waals surface area contributed by atoms with Crippen LogP contribution < -0.4 is 5.32 Å². The Morgan fingerprint density at radius 1 is 0.879 bits per heavy atom. The normalized spacial score (nSPS) is 19.2. The molecule has 2 aliphatic rings. The molecule has 2 saturated heterocycles. The molecule has 1 N–H and O–H groups in total. The molecule has 2 amide bonds. The lowest BCUT2D eigenvalue weighted by atomic mass is 9.92. The molecule has 178 valence electrons. The number of nitrogens with one attached hydrogen (secondary N) is 1. The highest BCUT2D eigenvalue weighted by molar-refractivity contribution is 7.89. The first kappa shape index (κ1) is 23.7. The van der Waals surface area contributed by atoms with Crippen molar-refractivity contribution in [3.8, 4) is 0 Å². The van der Waals surface area contributed by atoms with Crippen LogP contribution in [0, 0.1) is 11.8 Å². The van der Waals surface area contributed by atoms with Crippen LogP contribution in [-0.2, 0) is 19.6 Å². The van der Waals surface area contributed by atoms with E-state index in [1.54, 1.807) is 12.1 Å². The van der Waals surface area contributed by atoms with E-state index >= 15 is 0 Å². The zero-order valence-electron chi connectivity index (χ0n) is 19.4. The maximum Gasteiger partial charge on any atom is 0.243 e. The quantitative estimate of drug-likeness (QED) is 0.726. The zero-order valence-corrected chi connectivity index (χ0v) is 20.2. The maximum atomic E-state index is 13.2. The van der Waals surface area contributed by atoms with Gasteiger partial charge in [-0.2, -0.15) is 4.31 Å². The zero-order chi connectivity index (χ0) is 23.6. The number of carbonyl (C=O) groups excluding carboxylic acids is 2. The molecule has 2 aromatic carbocycles.